The highest BCUT2D eigenvalue weighted by atomic mass is 14.7. The van der Waals surface area contributed by atoms with Crippen molar-refractivity contribution < 1.29 is 0 Å². The highest BCUT2D eigenvalue weighted by Crippen LogP contribution is 2.40. The maximum absolute atomic E-state index is 6.06. The highest BCUT2D eigenvalue weighted by Gasteiger charge is 2.37. The number of nitrogens with two attached hydrogens (primary N) is 1. The molecule has 0 radical (unpaired) electrons. The summed E-state index contributed by atoms with van der Waals surface area (Å²) < 4.78 is 0. The minimum atomic E-state index is 0.310. The van der Waals surface area contributed by atoms with Crippen LogP contribution in [-0.2, 0) is 6.42 Å². The first kappa shape index (κ1) is 8.70. The number of hydrogen-bond acceptors (Lipinski definition) is 2. The Hall–Kier alpha value is -0.890. The van der Waals surface area contributed by atoms with Crippen LogP contribution in [0.4, 0.5) is 0 Å². The lowest BCUT2D eigenvalue weighted by atomic mass is 10.1. The molecule has 1 aromatic rings. The molecule has 13 heavy (non-hydrogen) atoms. The van der Waals surface area contributed by atoms with Crippen molar-refractivity contribution in [3.05, 3.63) is 30.1 Å². The molecule has 70 valence electrons. The van der Waals surface area contributed by atoms with Gasteiger partial charge < -0.3 is 5.73 Å². The van der Waals surface area contributed by atoms with Crippen LogP contribution in [0.15, 0.2) is 24.4 Å². The van der Waals surface area contributed by atoms with Crippen molar-refractivity contribution in [3.8, 4) is 0 Å². The zero-order chi connectivity index (χ0) is 9.26. The minimum absolute atomic E-state index is 0.310. The lowest BCUT2D eigenvalue weighted by Gasteiger charge is -2.09. The van der Waals surface area contributed by atoms with Gasteiger partial charge in [0.15, 0.2) is 0 Å². The van der Waals surface area contributed by atoms with E-state index < -0.39 is 0 Å². The summed E-state index contributed by atoms with van der Waals surface area (Å²) >= 11 is 0. The van der Waals surface area contributed by atoms with Crippen LogP contribution < -0.4 is 5.73 Å². The highest BCUT2D eigenvalue weighted by molar-refractivity contribution is 5.07. The second kappa shape index (κ2) is 3.46. The molecule has 1 saturated carbocycles. The van der Waals surface area contributed by atoms with Gasteiger partial charge in [0.1, 0.15) is 0 Å². The Bertz CT molecular complexity index is 271. The fraction of sp³-hybridized carbons (Fsp3) is 0.545. The van der Waals surface area contributed by atoms with Gasteiger partial charge in [-0.05, 0) is 30.4 Å². The molecule has 0 bridgehead atoms. The molecule has 1 fully saturated rings. The maximum Gasteiger partial charge on any atom is 0.0419 e. The van der Waals surface area contributed by atoms with Gasteiger partial charge in [0.05, 0.1) is 0 Å². The summed E-state index contributed by atoms with van der Waals surface area (Å²) in [6.45, 7) is 2.27. The Morgan fingerprint density at radius 1 is 1.62 bits per heavy atom. The van der Waals surface area contributed by atoms with E-state index in [-0.39, 0.29) is 0 Å². The zero-order valence-electron chi connectivity index (χ0n) is 7.98. The molecular formula is C11H16N2. The van der Waals surface area contributed by atoms with Gasteiger partial charge in [-0.2, -0.15) is 0 Å². The van der Waals surface area contributed by atoms with Gasteiger partial charge in [-0.15, -0.1) is 0 Å². The van der Waals surface area contributed by atoms with Gasteiger partial charge >= 0.3 is 0 Å². The Kier molecular flexibility index (Phi) is 2.32. The molecule has 0 saturated heterocycles. The van der Waals surface area contributed by atoms with Crippen molar-refractivity contribution in [1.29, 1.82) is 0 Å². The normalized spacial score (nSPS) is 28.5. The van der Waals surface area contributed by atoms with Crippen LogP contribution in [-0.4, -0.2) is 11.0 Å². The van der Waals surface area contributed by atoms with E-state index in [4.69, 9.17) is 5.73 Å². The van der Waals surface area contributed by atoms with E-state index in [1.54, 1.807) is 0 Å². The fourth-order valence-corrected chi connectivity index (χ4v) is 1.86. The summed E-state index contributed by atoms with van der Waals surface area (Å²) in [4.78, 5) is 4.27. The molecule has 3 atom stereocenters. The maximum atomic E-state index is 6.06. The van der Waals surface area contributed by atoms with Crippen molar-refractivity contribution >= 4 is 0 Å². The molecule has 0 spiro atoms. The van der Waals surface area contributed by atoms with Crippen LogP contribution >= 0.6 is 0 Å². The molecular weight excluding hydrogens is 160 g/mol. The van der Waals surface area contributed by atoms with Crippen LogP contribution in [0.5, 0.6) is 0 Å². The predicted octanol–water partition coefficient (Wildman–Crippen LogP) is 1.61. The average molecular weight is 176 g/mol. The monoisotopic (exact) mass is 176 g/mol. The van der Waals surface area contributed by atoms with Gasteiger partial charge in [0, 0.05) is 24.4 Å². The van der Waals surface area contributed by atoms with Crippen LogP contribution in [0, 0.1) is 11.8 Å². The number of aromatic nitrogens is 1. The largest absolute Gasteiger partial charge is 0.327 e. The molecule has 0 aromatic carbocycles. The lowest BCUT2D eigenvalue weighted by molar-refractivity contribution is 0.554. The minimum Gasteiger partial charge on any atom is -0.327 e. The van der Waals surface area contributed by atoms with Gasteiger partial charge in [-0.1, -0.05) is 13.0 Å². The predicted molar refractivity (Wildman–Crippen MR) is 53.2 cm³/mol. The quantitative estimate of drug-likeness (QED) is 0.760. The number of nitrogens with zero attached hydrogens (tertiary/aromatic N) is 1. The molecule has 1 aliphatic rings. The topological polar surface area (TPSA) is 38.9 Å². The van der Waals surface area contributed by atoms with E-state index in [0.29, 0.717) is 6.04 Å². The van der Waals surface area contributed by atoms with E-state index in [2.05, 4.69) is 11.9 Å². The molecule has 2 N–H and O–H groups in total. The molecule has 0 amide bonds. The van der Waals surface area contributed by atoms with Crippen molar-refractivity contribution in [2.45, 2.75) is 25.8 Å². The van der Waals surface area contributed by atoms with Crippen LogP contribution in [0.3, 0.4) is 0 Å². The van der Waals surface area contributed by atoms with E-state index in [1.807, 2.05) is 24.4 Å². The SMILES string of the molecule is CC1CC1C(N)Cc1ccccn1. The summed E-state index contributed by atoms with van der Waals surface area (Å²) in [5.41, 5.74) is 7.18. The van der Waals surface area contributed by atoms with E-state index in [1.165, 1.54) is 6.42 Å². The van der Waals surface area contributed by atoms with Crippen molar-refractivity contribution in [1.82, 2.24) is 4.98 Å². The second-order valence-electron chi connectivity index (χ2n) is 4.07. The number of pyridine rings is 1. The van der Waals surface area contributed by atoms with Gasteiger partial charge in [0.2, 0.25) is 0 Å². The molecule has 1 aliphatic carbocycles. The molecule has 2 nitrogen and oxygen atoms in total. The first-order chi connectivity index (χ1) is 6.27. The third-order valence-electron chi connectivity index (χ3n) is 2.89. The smallest absolute Gasteiger partial charge is 0.0419 e. The summed E-state index contributed by atoms with van der Waals surface area (Å²) in [5, 5.41) is 0. The van der Waals surface area contributed by atoms with Crippen molar-refractivity contribution in [2.75, 3.05) is 0 Å². The summed E-state index contributed by atoms with van der Waals surface area (Å²) in [7, 11) is 0. The van der Waals surface area contributed by atoms with E-state index in [9.17, 15) is 0 Å². The number of hydrogen-bond donors (Lipinski definition) is 1. The Morgan fingerprint density at radius 2 is 2.38 bits per heavy atom. The average Bonchev–Trinajstić information content (AvgIpc) is 2.84. The standard InChI is InChI=1S/C11H16N2/c1-8-6-10(8)11(12)7-9-4-2-3-5-13-9/h2-5,8,10-11H,6-7,12H2,1H3. The first-order valence-electron chi connectivity index (χ1n) is 4.93. The summed E-state index contributed by atoms with van der Waals surface area (Å²) in [5.74, 6) is 1.57. The Labute approximate surface area is 79.2 Å². The van der Waals surface area contributed by atoms with Crippen molar-refractivity contribution in [3.63, 3.8) is 0 Å². The van der Waals surface area contributed by atoms with E-state index in [0.717, 1.165) is 24.0 Å². The first-order valence-corrected chi connectivity index (χ1v) is 4.93. The zero-order valence-corrected chi connectivity index (χ0v) is 7.98. The molecule has 1 aromatic heterocycles. The van der Waals surface area contributed by atoms with Crippen molar-refractivity contribution in [2.24, 2.45) is 17.6 Å². The van der Waals surface area contributed by atoms with E-state index >= 15 is 0 Å². The lowest BCUT2D eigenvalue weighted by Crippen LogP contribution is -2.26. The summed E-state index contributed by atoms with van der Waals surface area (Å²) in [6, 6.07) is 6.32. The molecule has 1 heterocycles. The molecule has 0 aliphatic heterocycles. The summed E-state index contributed by atoms with van der Waals surface area (Å²) in [6.07, 6.45) is 4.06. The Balaban J connectivity index is 1.91. The van der Waals surface area contributed by atoms with Crippen LogP contribution in [0.25, 0.3) is 0 Å². The molecule has 2 heteroatoms. The van der Waals surface area contributed by atoms with Gasteiger partial charge in [-0.3, -0.25) is 4.98 Å². The van der Waals surface area contributed by atoms with Gasteiger partial charge in [0.25, 0.3) is 0 Å². The van der Waals surface area contributed by atoms with Gasteiger partial charge in [-0.25, -0.2) is 0 Å². The molecule has 2 rings (SSSR count). The van der Waals surface area contributed by atoms with Crippen LogP contribution in [0.1, 0.15) is 19.0 Å². The third kappa shape index (κ3) is 2.07. The Morgan fingerprint density at radius 3 is 2.92 bits per heavy atom. The molecule has 3 unspecified atom stereocenters. The number of rotatable bonds is 3. The third-order valence-corrected chi connectivity index (χ3v) is 2.89. The fourth-order valence-electron chi connectivity index (χ4n) is 1.86. The van der Waals surface area contributed by atoms with Crippen LogP contribution in [0.2, 0.25) is 0 Å². The second-order valence-corrected chi connectivity index (χ2v) is 4.07.